The van der Waals surface area contributed by atoms with Crippen LogP contribution in [0.5, 0.6) is 0 Å². The Bertz CT molecular complexity index is 1340. The van der Waals surface area contributed by atoms with Crippen molar-refractivity contribution in [3.05, 3.63) is 87.3 Å². The second kappa shape index (κ2) is 10.3. The Labute approximate surface area is 219 Å². The van der Waals surface area contributed by atoms with E-state index >= 15 is 0 Å². The van der Waals surface area contributed by atoms with Gasteiger partial charge in [-0.3, -0.25) is 24.1 Å². The third-order valence-electron chi connectivity index (χ3n) is 6.93. The van der Waals surface area contributed by atoms with Crippen LogP contribution >= 0.6 is 11.3 Å². The number of fused-ring (bicyclic) bond motifs is 2. The second-order valence-electron chi connectivity index (χ2n) is 9.76. The first-order valence-electron chi connectivity index (χ1n) is 12.6. The van der Waals surface area contributed by atoms with E-state index in [0.29, 0.717) is 34.7 Å². The zero-order valence-corrected chi connectivity index (χ0v) is 21.7. The highest BCUT2D eigenvalue weighted by Gasteiger charge is 2.44. The van der Waals surface area contributed by atoms with Crippen LogP contribution in [0.15, 0.2) is 54.6 Å². The van der Waals surface area contributed by atoms with Crippen LogP contribution in [0, 0.1) is 5.92 Å². The van der Waals surface area contributed by atoms with Gasteiger partial charge in [-0.1, -0.05) is 56.3 Å². The van der Waals surface area contributed by atoms with Crippen molar-refractivity contribution < 1.29 is 19.2 Å². The summed E-state index contributed by atoms with van der Waals surface area (Å²) < 4.78 is 0. The highest BCUT2D eigenvalue weighted by molar-refractivity contribution is 7.17. The lowest BCUT2D eigenvalue weighted by Gasteiger charge is -2.28. The van der Waals surface area contributed by atoms with Crippen molar-refractivity contribution in [1.29, 1.82) is 0 Å². The number of thiophene rings is 1. The number of carbonyl (C=O) groups excluding carboxylic acids is 4. The molecule has 0 fully saturated rings. The third-order valence-corrected chi connectivity index (χ3v) is 8.14. The monoisotopic (exact) mass is 515 g/mol. The SMILES string of the molecule is CC(C)C(C(=O)Nc1sc2c(c1C(=O)NCCc1ccccc1)CCC2)N1C(=O)c2ccccc2C1=O. The Balaban J connectivity index is 1.36. The minimum atomic E-state index is -1.00. The summed E-state index contributed by atoms with van der Waals surface area (Å²) in [5.74, 6) is -1.95. The molecule has 1 aliphatic carbocycles. The van der Waals surface area contributed by atoms with Crippen LogP contribution in [0.1, 0.15) is 67.3 Å². The normalized spacial score (nSPS) is 15.1. The van der Waals surface area contributed by atoms with Gasteiger partial charge in [0.1, 0.15) is 11.0 Å². The molecule has 2 aromatic carbocycles. The van der Waals surface area contributed by atoms with E-state index in [2.05, 4.69) is 10.6 Å². The molecule has 37 heavy (non-hydrogen) atoms. The fraction of sp³-hybridized carbons (Fsp3) is 0.310. The molecule has 8 heteroatoms. The molecule has 7 nitrogen and oxygen atoms in total. The van der Waals surface area contributed by atoms with Gasteiger partial charge in [0.15, 0.2) is 0 Å². The minimum Gasteiger partial charge on any atom is -0.352 e. The van der Waals surface area contributed by atoms with Crippen LogP contribution in [0.25, 0.3) is 0 Å². The molecule has 1 aliphatic heterocycles. The van der Waals surface area contributed by atoms with Crippen molar-refractivity contribution in [2.75, 3.05) is 11.9 Å². The highest BCUT2D eigenvalue weighted by atomic mass is 32.1. The molecule has 0 saturated carbocycles. The average Bonchev–Trinajstić information content (AvgIpc) is 3.53. The quantitative estimate of drug-likeness (QED) is 0.433. The number of carbonyl (C=O) groups is 4. The average molecular weight is 516 g/mol. The van der Waals surface area contributed by atoms with Gasteiger partial charge in [0.25, 0.3) is 17.7 Å². The van der Waals surface area contributed by atoms with E-state index in [0.717, 1.165) is 40.2 Å². The van der Waals surface area contributed by atoms with Crippen molar-refractivity contribution in [2.45, 2.75) is 45.6 Å². The van der Waals surface area contributed by atoms with Crippen molar-refractivity contribution in [3.8, 4) is 0 Å². The lowest BCUT2D eigenvalue weighted by molar-refractivity contribution is -0.121. The molecule has 2 aliphatic rings. The lowest BCUT2D eigenvalue weighted by atomic mass is 10.0. The first kappa shape index (κ1) is 24.9. The molecule has 0 saturated heterocycles. The zero-order valence-electron chi connectivity index (χ0n) is 20.9. The molecule has 190 valence electrons. The first-order chi connectivity index (χ1) is 17.9. The molecule has 0 radical (unpaired) electrons. The third kappa shape index (κ3) is 4.69. The number of hydrogen-bond acceptors (Lipinski definition) is 5. The molecular weight excluding hydrogens is 486 g/mol. The summed E-state index contributed by atoms with van der Waals surface area (Å²) in [7, 11) is 0. The van der Waals surface area contributed by atoms with Gasteiger partial charge < -0.3 is 10.6 Å². The summed E-state index contributed by atoms with van der Waals surface area (Å²) in [5, 5.41) is 6.42. The van der Waals surface area contributed by atoms with E-state index in [9.17, 15) is 19.2 Å². The molecule has 2 N–H and O–H groups in total. The number of anilines is 1. The summed E-state index contributed by atoms with van der Waals surface area (Å²) in [6, 6.07) is 15.5. The van der Waals surface area contributed by atoms with Gasteiger partial charge in [-0.2, -0.15) is 0 Å². The van der Waals surface area contributed by atoms with E-state index < -0.39 is 23.8 Å². The number of aryl methyl sites for hydroxylation is 1. The second-order valence-corrected chi connectivity index (χ2v) is 10.9. The van der Waals surface area contributed by atoms with Crippen LogP contribution in [-0.4, -0.2) is 41.1 Å². The zero-order chi connectivity index (χ0) is 26.1. The lowest BCUT2D eigenvalue weighted by Crippen LogP contribution is -2.50. The number of nitrogens with zero attached hydrogens (tertiary/aromatic N) is 1. The summed E-state index contributed by atoms with van der Waals surface area (Å²) >= 11 is 1.41. The Morgan fingerprint density at radius 2 is 1.59 bits per heavy atom. The summed E-state index contributed by atoms with van der Waals surface area (Å²) in [4.78, 5) is 55.3. The van der Waals surface area contributed by atoms with Crippen LogP contribution < -0.4 is 10.6 Å². The van der Waals surface area contributed by atoms with Gasteiger partial charge >= 0.3 is 0 Å². The molecule has 0 bridgehead atoms. The molecule has 2 heterocycles. The van der Waals surface area contributed by atoms with E-state index in [1.54, 1.807) is 38.1 Å². The van der Waals surface area contributed by atoms with E-state index in [1.807, 2.05) is 30.3 Å². The Morgan fingerprint density at radius 1 is 0.946 bits per heavy atom. The summed E-state index contributed by atoms with van der Waals surface area (Å²) in [6.07, 6.45) is 3.33. The Morgan fingerprint density at radius 3 is 2.24 bits per heavy atom. The van der Waals surface area contributed by atoms with Gasteiger partial charge in [-0.25, -0.2) is 0 Å². The molecular formula is C29H29N3O4S. The maximum atomic E-state index is 13.6. The molecule has 3 aromatic rings. The van der Waals surface area contributed by atoms with Crippen LogP contribution in [0.3, 0.4) is 0 Å². The molecule has 0 spiro atoms. The predicted octanol–water partition coefficient (Wildman–Crippen LogP) is 4.47. The molecule has 1 unspecified atom stereocenters. The van der Waals surface area contributed by atoms with E-state index in [-0.39, 0.29) is 11.8 Å². The van der Waals surface area contributed by atoms with Gasteiger partial charge in [-0.15, -0.1) is 11.3 Å². The Hall–Kier alpha value is -3.78. The maximum absolute atomic E-state index is 13.6. The maximum Gasteiger partial charge on any atom is 0.262 e. The number of rotatable bonds is 8. The summed E-state index contributed by atoms with van der Waals surface area (Å²) in [5.41, 5.74) is 3.23. The number of nitrogens with one attached hydrogen (secondary N) is 2. The first-order valence-corrected chi connectivity index (χ1v) is 13.4. The largest absolute Gasteiger partial charge is 0.352 e. The van der Waals surface area contributed by atoms with Gasteiger partial charge in [0.2, 0.25) is 5.91 Å². The summed E-state index contributed by atoms with van der Waals surface area (Å²) in [6.45, 7) is 4.09. The van der Waals surface area contributed by atoms with Gasteiger partial charge in [-0.05, 0) is 54.9 Å². The van der Waals surface area contributed by atoms with Crippen LogP contribution in [0.4, 0.5) is 5.00 Å². The standard InChI is InChI=1S/C29H29N3O4S/c1-17(2)24(32-28(35)19-11-6-7-12-20(19)29(32)36)26(34)31-27-23(21-13-8-14-22(21)37-27)25(33)30-16-15-18-9-4-3-5-10-18/h3-7,9-12,17,24H,8,13-16H2,1-2H3,(H,30,33)(H,31,34). The predicted molar refractivity (Wildman–Crippen MR) is 143 cm³/mol. The van der Waals surface area contributed by atoms with Crippen molar-refractivity contribution in [2.24, 2.45) is 5.92 Å². The fourth-order valence-corrected chi connectivity index (χ4v) is 6.44. The minimum absolute atomic E-state index is 0.215. The van der Waals surface area contributed by atoms with E-state index in [1.165, 1.54) is 11.3 Å². The van der Waals surface area contributed by atoms with Gasteiger partial charge in [0.05, 0.1) is 16.7 Å². The van der Waals surface area contributed by atoms with Crippen LogP contribution in [0.2, 0.25) is 0 Å². The molecule has 4 amide bonds. The fourth-order valence-electron chi connectivity index (χ4n) is 5.15. The number of imide groups is 1. The topological polar surface area (TPSA) is 95.6 Å². The van der Waals surface area contributed by atoms with Crippen molar-refractivity contribution in [1.82, 2.24) is 10.2 Å². The van der Waals surface area contributed by atoms with Crippen LogP contribution in [-0.2, 0) is 24.1 Å². The number of amides is 4. The smallest absolute Gasteiger partial charge is 0.262 e. The number of hydrogen-bond donors (Lipinski definition) is 2. The molecule has 5 rings (SSSR count). The molecule has 1 atom stereocenters. The van der Waals surface area contributed by atoms with Gasteiger partial charge in [0, 0.05) is 11.4 Å². The van der Waals surface area contributed by atoms with E-state index in [4.69, 9.17) is 0 Å². The highest BCUT2D eigenvalue weighted by Crippen LogP contribution is 2.39. The van der Waals surface area contributed by atoms with Crippen molar-refractivity contribution in [3.63, 3.8) is 0 Å². The molecule has 1 aromatic heterocycles. The number of benzene rings is 2. The van der Waals surface area contributed by atoms with Crippen molar-refractivity contribution >= 4 is 40.0 Å². The Kier molecular flexibility index (Phi) is 6.93.